The summed E-state index contributed by atoms with van der Waals surface area (Å²) in [6, 6.07) is 6.49. The fraction of sp³-hybridized carbons (Fsp3) is 0.312. The van der Waals surface area contributed by atoms with Gasteiger partial charge in [-0.05, 0) is 48.7 Å². The van der Waals surface area contributed by atoms with Crippen LogP contribution < -0.4 is 10.2 Å². The average Bonchev–Trinajstić information content (AvgIpc) is 3.14. The van der Waals surface area contributed by atoms with Crippen molar-refractivity contribution in [3.63, 3.8) is 0 Å². The van der Waals surface area contributed by atoms with Gasteiger partial charge >= 0.3 is 0 Å². The van der Waals surface area contributed by atoms with E-state index in [-0.39, 0.29) is 0 Å². The largest absolute Gasteiger partial charge is 0.372 e. The number of benzene rings is 1. The van der Waals surface area contributed by atoms with Gasteiger partial charge in [0.25, 0.3) is 0 Å². The molecule has 1 aromatic heterocycles. The molecule has 3 rings (SSSR count). The SMILES string of the molecule is CC[C@@H](C=N)Cc1c[nH]c2ccc(N3C=CNC3)cc12. The predicted molar refractivity (Wildman–Crippen MR) is 84.2 cm³/mol. The lowest BCUT2D eigenvalue weighted by atomic mass is 9.97. The lowest BCUT2D eigenvalue weighted by Gasteiger charge is -2.15. The van der Waals surface area contributed by atoms with E-state index < -0.39 is 0 Å². The molecule has 0 aliphatic carbocycles. The highest BCUT2D eigenvalue weighted by Gasteiger charge is 2.12. The van der Waals surface area contributed by atoms with Crippen molar-refractivity contribution >= 4 is 22.8 Å². The van der Waals surface area contributed by atoms with E-state index in [1.54, 1.807) is 6.21 Å². The standard InChI is InChI=1S/C16H20N4/c1-2-12(9-17)7-13-10-19-16-4-3-14(8-15(13)16)20-6-5-18-11-20/h3-6,8-10,12,17-19H,2,7,11H2,1H3/t12-/m1/s1. The Morgan fingerprint density at radius 2 is 2.35 bits per heavy atom. The van der Waals surface area contributed by atoms with E-state index in [2.05, 4.69) is 52.7 Å². The summed E-state index contributed by atoms with van der Waals surface area (Å²) in [5.41, 5.74) is 3.66. The summed E-state index contributed by atoms with van der Waals surface area (Å²) in [4.78, 5) is 5.52. The molecule has 0 amide bonds. The Morgan fingerprint density at radius 3 is 3.05 bits per heavy atom. The maximum Gasteiger partial charge on any atom is 0.0916 e. The van der Waals surface area contributed by atoms with Crippen molar-refractivity contribution in [2.75, 3.05) is 11.6 Å². The molecule has 2 aromatic rings. The third kappa shape index (κ3) is 2.29. The fourth-order valence-corrected chi connectivity index (χ4v) is 2.64. The number of aromatic amines is 1. The number of fused-ring (bicyclic) bond motifs is 1. The molecule has 0 spiro atoms. The van der Waals surface area contributed by atoms with Crippen molar-refractivity contribution in [1.29, 1.82) is 5.41 Å². The van der Waals surface area contributed by atoms with Gasteiger partial charge in [0.1, 0.15) is 0 Å². The normalized spacial score (nSPS) is 15.6. The van der Waals surface area contributed by atoms with Crippen LogP contribution in [0.15, 0.2) is 36.8 Å². The molecular formula is C16H20N4. The Labute approximate surface area is 119 Å². The van der Waals surface area contributed by atoms with Crippen LogP contribution >= 0.6 is 0 Å². The molecule has 20 heavy (non-hydrogen) atoms. The van der Waals surface area contributed by atoms with E-state index in [0.29, 0.717) is 5.92 Å². The van der Waals surface area contributed by atoms with Gasteiger partial charge in [-0.3, -0.25) is 0 Å². The molecule has 4 heteroatoms. The first-order valence-electron chi connectivity index (χ1n) is 7.09. The predicted octanol–water partition coefficient (Wildman–Crippen LogP) is 3.22. The van der Waals surface area contributed by atoms with E-state index in [9.17, 15) is 0 Å². The average molecular weight is 268 g/mol. The Bertz CT molecular complexity index is 641. The molecule has 0 fully saturated rings. The van der Waals surface area contributed by atoms with Gasteiger partial charge in [-0.25, -0.2) is 0 Å². The number of nitrogens with one attached hydrogen (secondary N) is 3. The second-order valence-corrected chi connectivity index (χ2v) is 5.23. The van der Waals surface area contributed by atoms with E-state index in [1.165, 1.54) is 22.2 Å². The highest BCUT2D eigenvalue weighted by atomic mass is 15.2. The minimum absolute atomic E-state index is 0.325. The Morgan fingerprint density at radius 1 is 1.45 bits per heavy atom. The first kappa shape index (κ1) is 12.8. The lowest BCUT2D eigenvalue weighted by Crippen LogP contribution is -2.19. The van der Waals surface area contributed by atoms with Crippen molar-refractivity contribution in [2.45, 2.75) is 19.8 Å². The van der Waals surface area contributed by atoms with Crippen LogP contribution in [0.4, 0.5) is 5.69 Å². The molecule has 4 nitrogen and oxygen atoms in total. The number of hydrogen-bond acceptors (Lipinski definition) is 3. The highest BCUT2D eigenvalue weighted by Crippen LogP contribution is 2.27. The minimum atomic E-state index is 0.325. The third-order valence-electron chi connectivity index (χ3n) is 3.96. The molecule has 1 aliphatic rings. The maximum absolute atomic E-state index is 7.49. The van der Waals surface area contributed by atoms with Gasteiger partial charge in [-0.2, -0.15) is 0 Å². The molecular weight excluding hydrogens is 248 g/mol. The van der Waals surface area contributed by atoms with Gasteiger partial charge in [-0.1, -0.05) is 6.92 Å². The summed E-state index contributed by atoms with van der Waals surface area (Å²) < 4.78 is 0. The van der Waals surface area contributed by atoms with E-state index >= 15 is 0 Å². The van der Waals surface area contributed by atoms with Crippen LogP contribution in [0.25, 0.3) is 10.9 Å². The number of hydrogen-bond donors (Lipinski definition) is 3. The van der Waals surface area contributed by atoms with Crippen LogP contribution in [0.5, 0.6) is 0 Å². The summed E-state index contributed by atoms with van der Waals surface area (Å²) >= 11 is 0. The fourth-order valence-electron chi connectivity index (χ4n) is 2.64. The maximum atomic E-state index is 7.49. The van der Waals surface area contributed by atoms with Crippen molar-refractivity contribution in [3.05, 3.63) is 42.4 Å². The van der Waals surface area contributed by atoms with Crippen LogP contribution in [-0.2, 0) is 6.42 Å². The van der Waals surface area contributed by atoms with E-state index in [4.69, 9.17) is 5.41 Å². The second-order valence-electron chi connectivity index (χ2n) is 5.23. The minimum Gasteiger partial charge on any atom is -0.372 e. The lowest BCUT2D eigenvalue weighted by molar-refractivity contribution is 0.675. The Hall–Kier alpha value is -2.23. The summed E-state index contributed by atoms with van der Waals surface area (Å²) in [5, 5.41) is 11.9. The van der Waals surface area contributed by atoms with Crippen molar-refractivity contribution in [1.82, 2.24) is 10.3 Å². The quantitative estimate of drug-likeness (QED) is 0.729. The Kier molecular flexibility index (Phi) is 3.46. The molecule has 0 saturated heterocycles. The van der Waals surface area contributed by atoms with Gasteiger partial charge < -0.3 is 20.6 Å². The smallest absolute Gasteiger partial charge is 0.0916 e. The molecule has 1 aromatic carbocycles. The summed E-state index contributed by atoms with van der Waals surface area (Å²) in [6.45, 7) is 2.96. The number of rotatable bonds is 5. The van der Waals surface area contributed by atoms with Crippen molar-refractivity contribution in [2.24, 2.45) is 5.92 Å². The van der Waals surface area contributed by atoms with Crippen LogP contribution in [0.3, 0.4) is 0 Å². The second kappa shape index (κ2) is 5.41. The van der Waals surface area contributed by atoms with Crippen molar-refractivity contribution < 1.29 is 0 Å². The zero-order valence-corrected chi connectivity index (χ0v) is 11.7. The topological polar surface area (TPSA) is 54.9 Å². The zero-order valence-electron chi connectivity index (χ0n) is 11.7. The molecule has 1 aliphatic heterocycles. The first-order valence-corrected chi connectivity index (χ1v) is 7.09. The van der Waals surface area contributed by atoms with Crippen LogP contribution in [0.2, 0.25) is 0 Å². The van der Waals surface area contributed by atoms with Gasteiger partial charge in [0, 0.05) is 35.2 Å². The number of aromatic nitrogens is 1. The van der Waals surface area contributed by atoms with E-state index in [0.717, 1.165) is 19.5 Å². The van der Waals surface area contributed by atoms with Gasteiger partial charge in [0.05, 0.1) is 6.67 Å². The number of anilines is 1. The molecule has 2 heterocycles. The van der Waals surface area contributed by atoms with Crippen LogP contribution in [0, 0.1) is 11.3 Å². The highest BCUT2D eigenvalue weighted by molar-refractivity contribution is 5.87. The van der Waals surface area contributed by atoms with Crippen molar-refractivity contribution in [3.8, 4) is 0 Å². The molecule has 104 valence electrons. The molecule has 0 saturated carbocycles. The first-order chi connectivity index (χ1) is 9.81. The van der Waals surface area contributed by atoms with Crippen LogP contribution in [-0.4, -0.2) is 17.9 Å². The zero-order chi connectivity index (χ0) is 13.9. The van der Waals surface area contributed by atoms with E-state index in [1.807, 2.05) is 6.20 Å². The van der Waals surface area contributed by atoms with Gasteiger partial charge in [-0.15, -0.1) is 0 Å². The molecule has 0 bridgehead atoms. The summed E-state index contributed by atoms with van der Waals surface area (Å²) in [6.07, 6.45) is 9.60. The molecule has 3 N–H and O–H groups in total. The molecule has 0 unspecified atom stereocenters. The number of nitrogens with zero attached hydrogens (tertiary/aromatic N) is 1. The third-order valence-corrected chi connectivity index (χ3v) is 3.96. The molecule has 0 radical (unpaired) electrons. The summed E-state index contributed by atoms with van der Waals surface area (Å²) in [5.74, 6) is 0.325. The van der Waals surface area contributed by atoms with Crippen LogP contribution in [0.1, 0.15) is 18.9 Å². The monoisotopic (exact) mass is 268 g/mol. The Balaban J connectivity index is 1.94. The number of H-pyrrole nitrogens is 1. The van der Waals surface area contributed by atoms with Gasteiger partial charge in [0.2, 0.25) is 0 Å². The summed E-state index contributed by atoms with van der Waals surface area (Å²) in [7, 11) is 0. The molecule has 1 atom stereocenters. The van der Waals surface area contributed by atoms with Gasteiger partial charge in [0.15, 0.2) is 0 Å².